The summed E-state index contributed by atoms with van der Waals surface area (Å²) in [5, 5.41) is 4.11. The number of carbonyl (C=O) groups is 1. The number of hydrogen-bond donors (Lipinski definition) is 0. The Kier molecular flexibility index (Phi) is 3.73. The van der Waals surface area contributed by atoms with Crippen molar-refractivity contribution < 1.29 is 4.79 Å². The number of ketones is 1. The van der Waals surface area contributed by atoms with Crippen molar-refractivity contribution in [1.82, 2.24) is 14.8 Å². The molecule has 4 nitrogen and oxygen atoms in total. The van der Waals surface area contributed by atoms with E-state index < -0.39 is 0 Å². The van der Waals surface area contributed by atoms with Crippen molar-refractivity contribution in [2.75, 3.05) is 0 Å². The number of carbonyl (C=O) groups excluding carboxylic acids is 1. The molecule has 0 amide bonds. The van der Waals surface area contributed by atoms with E-state index in [0.717, 1.165) is 4.47 Å². The van der Waals surface area contributed by atoms with Crippen LogP contribution in [0.25, 0.3) is 0 Å². The van der Waals surface area contributed by atoms with E-state index in [-0.39, 0.29) is 5.78 Å². The smallest absolute Gasteiger partial charge is 0.230 e. The summed E-state index contributed by atoms with van der Waals surface area (Å²) >= 11 is 6.61. The topological polar surface area (TPSA) is 47.8 Å². The third-order valence-electron chi connectivity index (χ3n) is 2.27. The van der Waals surface area contributed by atoms with Crippen molar-refractivity contribution in [1.29, 1.82) is 0 Å². The Morgan fingerprint density at radius 1 is 1.35 bits per heavy atom. The average Bonchev–Trinajstić information content (AvgIpc) is 2.70. The van der Waals surface area contributed by atoms with Gasteiger partial charge in [0.05, 0.1) is 10.7 Å². The maximum Gasteiger partial charge on any atom is 0.230 e. The molecule has 0 unspecified atom stereocenters. The zero-order valence-corrected chi connectivity index (χ0v) is 12.2. The Hall–Kier alpha value is -1.01. The van der Waals surface area contributed by atoms with E-state index in [1.807, 2.05) is 6.92 Å². The van der Waals surface area contributed by atoms with E-state index in [0.29, 0.717) is 22.4 Å². The molecule has 17 heavy (non-hydrogen) atoms. The Bertz CT molecular complexity index is 548. The van der Waals surface area contributed by atoms with Gasteiger partial charge in [-0.05, 0) is 50.9 Å². The minimum atomic E-state index is -0.135. The van der Waals surface area contributed by atoms with Crippen LogP contribution in [0.2, 0.25) is 0 Å². The first kappa shape index (κ1) is 12.4. The minimum Gasteiger partial charge on any atom is -0.285 e. The second kappa shape index (κ2) is 5.10. The fraction of sp³-hybridized carbons (Fsp3) is 0.182. The third-order valence-corrected chi connectivity index (χ3v) is 3.32. The zero-order chi connectivity index (χ0) is 12.4. The molecule has 0 aliphatic rings. The Balaban J connectivity index is 2.43. The van der Waals surface area contributed by atoms with Crippen LogP contribution in [0.5, 0.6) is 0 Å². The first-order chi connectivity index (χ1) is 8.13. The number of aromatic nitrogens is 3. The molecule has 0 aromatic carbocycles. The highest BCUT2D eigenvalue weighted by Gasteiger charge is 2.19. The van der Waals surface area contributed by atoms with Gasteiger partial charge in [0, 0.05) is 17.2 Å². The van der Waals surface area contributed by atoms with Crippen LogP contribution in [0.4, 0.5) is 0 Å². The predicted octanol–water partition coefficient (Wildman–Crippen LogP) is 3.05. The molecule has 0 N–H and O–H groups in total. The van der Waals surface area contributed by atoms with Crippen LogP contribution in [0, 0.1) is 0 Å². The molecule has 6 heteroatoms. The molecule has 88 valence electrons. The summed E-state index contributed by atoms with van der Waals surface area (Å²) in [6.07, 6.45) is 3.23. The number of rotatable bonds is 3. The predicted molar refractivity (Wildman–Crippen MR) is 71.0 cm³/mol. The largest absolute Gasteiger partial charge is 0.285 e. The Labute approximate surface area is 115 Å². The van der Waals surface area contributed by atoms with Gasteiger partial charge >= 0.3 is 0 Å². The maximum atomic E-state index is 12.3. The molecule has 0 saturated heterocycles. The molecule has 0 fully saturated rings. The van der Waals surface area contributed by atoms with Gasteiger partial charge in [0.1, 0.15) is 11.4 Å². The summed E-state index contributed by atoms with van der Waals surface area (Å²) in [4.78, 5) is 16.3. The number of hydrogen-bond acceptors (Lipinski definition) is 3. The van der Waals surface area contributed by atoms with Gasteiger partial charge < -0.3 is 0 Å². The lowest BCUT2D eigenvalue weighted by molar-refractivity contribution is 0.102. The summed E-state index contributed by atoms with van der Waals surface area (Å²) in [6.45, 7) is 2.58. The first-order valence-electron chi connectivity index (χ1n) is 5.01. The van der Waals surface area contributed by atoms with Gasteiger partial charge in [0.25, 0.3) is 0 Å². The van der Waals surface area contributed by atoms with Gasteiger partial charge in [-0.15, -0.1) is 0 Å². The van der Waals surface area contributed by atoms with Crippen molar-refractivity contribution in [3.8, 4) is 0 Å². The summed E-state index contributed by atoms with van der Waals surface area (Å²) in [6, 6.07) is 3.48. The second-order valence-corrected chi connectivity index (χ2v) is 5.12. The lowest BCUT2D eigenvalue weighted by Gasteiger charge is -2.04. The van der Waals surface area contributed by atoms with Crippen LogP contribution >= 0.6 is 31.9 Å². The molecule has 0 bridgehead atoms. The summed E-state index contributed by atoms with van der Waals surface area (Å²) in [5.41, 5.74) is 0.937. The second-order valence-electron chi connectivity index (χ2n) is 3.35. The normalized spacial score (nSPS) is 10.5. The van der Waals surface area contributed by atoms with Crippen molar-refractivity contribution in [2.45, 2.75) is 13.5 Å². The molecular formula is C11H9Br2N3O. The van der Waals surface area contributed by atoms with Gasteiger partial charge in [-0.1, -0.05) is 0 Å². The molecule has 2 heterocycles. The van der Waals surface area contributed by atoms with Gasteiger partial charge in [0.15, 0.2) is 0 Å². The molecular weight excluding hydrogens is 350 g/mol. The molecule has 2 aromatic heterocycles. The van der Waals surface area contributed by atoms with Gasteiger partial charge in [0.2, 0.25) is 5.78 Å². The third kappa shape index (κ3) is 2.47. The van der Waals surface area contributed by atoms with E-state index >= 15 is 0 Å². The van der Waals surface area contributed by atoms with E-state index in [2.05, 4.69) is 41.9 Å². The minimum absolute atomic E-state index is 0.135. The van der Waals surface area contributed by atoms with Crippen molar-refractivity contribution in [2.24, 2.45) is 0 Å². The number of pyridine rings is 1. The molecule has 2 rings (SSSR count). The van der Waals surface area contributed by atoms with E-state index in [1.165, 1.54) is 0 Å². The number of aryl methyl sites for hydroxylation is 1. The molecule has 2 aromatic rings. The maximum absolute atomic E-state index is 12.3. The Morgan fingerprint density at radius 3 is 2.71 bits per heavy atom. The standard InChI is InChI=1S/C11H9Br2N3O/c1-2-16-10(8(13)6-15-16)11(17)9-4-3-7(12)5-14-9/h3-6H,2H2,1H3. The fourth-order valence-electron chi connectivity index (χ4n) is 1.46. The monoisotopic (exact) mass is 357 g/mol. The van der Waals surface area contributed by atoms with Crippen LogP contribution in [0.15, 0.2) is 33.5 Å². The molecule has 0 saturated carbocycles. The highest BCUT2D eigenvalue weighted by molar-refractivity contribution is 9.10. The summed E-state index contributed by atoms with van der Waals surface area (Å²) in [7, 11) is 0. The summed E-state index contributed by atoms with van der Waals surface area (Å²) in [5.74, 6) is -0.135. The van der Waals surface area contributed by atoms with Crippen LogP contribution in [-0.4, -0.2) is 20.5 Å². The molecule has 0 spiro atoms. The molecule has 0 atom stereocenters. The van der Waals surface area contributed by atoms with Gasteiger partial charge in [-0.3, -0.25) is 14.5 Å². The van der Waals surface area contributed by atoms with Crippen molar-refractivity contribution >= 4 is 37.6 Å². The lowest BCUT2D eigenvalue weighted by atomic mass is 10.2. The number of nitrogens with zero attached hydrogens (tertiary/aromatic N) is 3. The summed E-state index contributed by atoms with van der Waals surface area (Å²) < 4.78 is 3.18. The van der Waals surface area contributed by atoms with Crippen LogP contribution < -0.4 is 0 Å². The Morgan fingerprint density at radius 2 is 2.12 bits per heavy atom. The first-order valence-corrected chi connectivity index (χ1v) is 6.59. The SMILES string of the molecule is CCn1ncc(Br)c1C(=O)c1ccc(Br)cn1. The van der Waals surface area contributed by atoms with E-state index in [1.54, 1.807) is 29.2 Å². The van der Waals surface area contributed by atoms with Gasteiger partial charge in [-0.25, -0.2) is 0 Å². The zero-order valence-electron chi connectivity index (χ0n) is 9.02. The van der Waals surface area contributed by atoms with Gasteiger partial charge in [-0.2, -0.15) is 5.10 Å². The molecule has 0 aliphatic heterocycles. The van der Waals surface area contributed by atoms with Crippen LogP contribution in [-0.2, 0) is 6.54 Å². The highest BCUT2D eigenvalue weighted by Crippen LogP contribution is 2.19. The average molecular weight is 359 g/mol. The highest BCUT2D eigenvalue weighted by atomic mass is 79.9. The van der Waals surface area contributed by atoms with Crippen LogP contribution in [0.3, 0.4) is 0 Å². The van der Waals surface area contributed by atoms with E-state index in [4.69, 9.17) is 0 Å². The van der Waals surface area contributed by atoms with E-state index in [9.17, 15) is 4.79 Å². The molecule has 0 aliphatic carbocycles. The van der Waals surface area contributed by atoms with Crippen molar-refractivity contribution in [3.05, 3.63) is 44.9 Å². The van der Waals surface area contributed by atoms with Crippen LogP contribution in [0.1, 0.15) is 23.1 Å². The lowest BCUT2D eigenvalue weighted by Crippen LogP contribution is -2.12. The van der Waals surface area contributed by atoms with Crippen molar-refractivity contribution in [3.63, 3.8) is 0 Å². The number of halogens is 2. The fourth-order valence-corrected chi connectivity index (χ4v) is 2.17. The quantitative estimate of drug-likeness (QED) is 0.792. The molecule has 0 radical (unpaired) electrons.